The van der Waals surface area contributed by atoms with Crippen LogP contribution in [0.25, 0.3) is 0 Å². The van der Waals surface area contributed by atoms with Crippen LogP contribution in [0.1, 0.15) is 27.7 Å². The third-order valence-electron chi connectivity index (χ3n) is 4.45. The Morgan fingerprint density at radius 2 is 1.07 bits per heavy atom. The number of urea groups is 2. The van der Waals surface area contributed by atoms with Gasteiger partial charge in [0.2, 0.25) is 0 Å². The smallest absolute Gasteiger partial charge is 0.314 e. The Hall–Kier alpha value is -1.04. The van der Waals surface area contributed by atoms with Crippen LogP contribution >= 0.6 is 23.2 Å². The number of amides is 4. The van der Waals surface area contributed by atoms with E-state index in [1.807, 2.05) is 0 Å². The fraction of sp³-hybridized carbons (Fsp3) is 0.889. The predicted molar refractivity (Wildman–Crippen MR) is 112 cm³/mol. The van der Waals surface area contributed by atoms with Gasteiger partial charge in [-0.2, -0.15) is 0 Å². The minimum atomic E-state index is -0.866. The zero-order valence-corrected chi connectivity index (χ0v) is 19.3. The first-order valence-corrected chi connectivity index (χ1v) is 11.0. The van der Waals surface area contributed by atoms with Gasteiger partial charge >= 0.3 is 12.1 Å². The van der Waals surface area contributed by atoms with Gasteiger partial charge in [-0.15, -0.1) is 23.2 Å². The molecule has 4 atom stereocenters. The van der Waals surface area contributed by atoms with Crippen molar-refractivity contribution in [3.05, 3.63) is 0 Å². The van der Waals surface area contributed by atoms with Crippen molar-refractivity contribution in [1.82, 2.24) is 21.3 Å². The van der Waals surface area contributed by atoms with Gasteiger partial charge in [0.25, 0.3) is 0 Å². The molecule has 0 unspecified atom stereocenters. The number of carbonyl (C=O) groups is 2. The first-order chi connectivity index (χ1) is 14.1. The molecule has 2 aliphatic heterocycles. The van der Waals surface area contributed by atoms with Crippen LogP contribution in [0.4, 0.5) is 9.59 Å². The predicted octanol–water partition coefficient (Wildman–Crippen LogP) is 1.10. The molecular formula is C18H32Cl2N4O6. The second kappa shape index (κ2) is 11.0. The summed E-state index contributed by atoms with van der Waals surface area (Å²) in [6, 6.07) is -0.693. The molecule has 0 aromatic rings. The highest BCUT2D eigenvalue weighted by Crippen LogP contribution is 2.38. The van der Waals surface area contributed by atoms with Crippen LogP contribution in [0.3, 0.4) is 0 Å². The Labute approximate surface area is 187 Å². The lowest BCUT2D eigenvalue weighted by Crippen LogP contribution is -2.51. The molecule has 0 aliphatic carbocycles. The van der Waals surface area contributed by atoms with Crippen molar-refractivity contribution in [1.29, 1.82) is 0 Å². The minimum absolute atomic E-state index is 0.207. The van der Waals surface area contributed by atoms with Crippen LogP contribution in [0, 0.1) is 0 Å². The first-order valence-electron chi connectivity index (χ1n) is 9.93. The number of carbonyl (C=O) groups excluding carboxylic acids is 2. The van der Waals surface area contributed by atoms with Crippen molar-refractivity contribution in [3.63, 3.8) is 0 Å². The van der Waals surface area contributed by atoms with Crippen molar-refractivity contribution in [3.8, 4) is 0 Å². The Kier molecular flexibility index (Phi) is 9.26. The quantitative estimate of drug-likeness (QED) is 0.374. The number of ether oxygens (including phenoxy) is 4. The highest BCUT2D eigenvalue weighted by Gasteiger charge is 2.53. The molecule has 4 N–H and O–H groups in total. The van der Waals surface area contributed by atoms with E-state index < -0.39 is 36.0 Å². The normalized spacial score (nSPS) is 29.4. The van der Waals surface area contributed by atoms with Gasteiger partial charge in [0.15, 0.2) is 11.6 Å². The number of alkyl halides is 2. The SMILES string of the molecule is CC1(C)O[C@@H]([C@H]2OC(C)(C)O[C@@H]2CNC(=O)NCCCl)[C@H](CNC(=O)NCCCl)O1. The summed E-state index contributed by atoms with van der Waals surface area (Å²) in [6.07, 6.45) is -1.99. The second-order valence-electron chi connectivity index (χ2n) is 7.93. The lowest BCUT2D eigenvalue weighted by atomic mass is 10.0. The summed E-state index contributed by atoms with van der Waals surface area (Å²) in [5.74, 6) is -1.09. The molecule has 10 nitrogen and oxygen atoms in total. The van der Waals surface area contributed by atoms with Gasteiger partial charge in [0.05, 0.1) is 0 Å². The average Bonchev–Trinajstić information content (AvgIpc) is 3.15. The van der Waals surface area contributed by atoms with Crippen LogP contribution in [-0.2, 0) is 18.9 Å². The van der Waals surface area contributed by atoms with E-state index in [-0.39, 0.29) is 25.2 Å². The topological polar surface area (TPSA) is 119 Å². The fourth-order valence-electron chi connectivity index (χ4n) is 3.43. The van der Waals surface area contributed by atoms with Gasteiger partial charge in [0, 0.05) is 37.9 Å². The summed E-state index contributed by atoms with van der Waals surface area (Å²) in [5.41, 5.74) is 0. The van der Waals surface area contributed by atoms with E-state index in [1.54, 1.807) is 27.7 Å². The number of nitrogens with one attached hydrogen (secondary N) is 4. The Morgan fingerprint density at radius 3 is 1.40 bits per heavy atom. The van der Waals surface area contributed by atoms with Crippen LogP contribution < -0.4 is 21.3 Å². The van der Waals surface area contributed by atoms with E-state index in [2.05, 4.69) is 21.3 Å². The average molecular weight is 471 g/mol. The van der Waals surface area contributed by atoms with Crippen LogP contribution in [0.2, 0.25) is 0 Å². The summed E-state index contributed by atoms with van der Waals surface area (Å²) in [5, 5.41) is 10.8. The molecule has 0 aromatic heterocycles. The summed E-state index contributed by atoms with van der Waals surface area (Å²) in [4.78, 5) is 23.8. The van der Waals surface area contributed by atoms with E-state index >= 15 is 0 Å². The van der Waals surface area contributed by atoms with Crippen LogP contribution in [0.15, 0.2) is 0 Å². The largest absolute Gasteiger partial charge is 0.343 e. The van der Waals surface area contributed by atoms with Crippen LogP contribution in [0.5, 0.6) is 0 Å². The summed E-state index contributed by atoms with van der Waals surface area (Å²) in [7, 11) is 0. The Balaban J connectivity index is 2.02. The third-order valence-corrected chi connectivity index (χ3v) is 4.83. The maximum absolute atomic E-state index is 11.9. The van der Waals surface area contributed by atoms with Gasteiger partial charge in [-0.25, -0.2) is 9.59 Å². The summed E-state index contributed by atoms with van der Waals surface area (Å²) in [6.45, 7) is 8.30. The molecule has 174 valence electrons. The lowest BCUT2D eigenvalue weighted by Gasteiger charge is -2.26. The molecule has 0 spiro atoms. The zero-order chi connectivity index (χ0) is 22.4. The van der Waals surface area contributed by atoms with Gasteiger partial charge in [-0.1, -0.05) is 0 Å². The van der Waals surface area contributed by atoms with Crippen molar-refractivity contribution in [2.75, 3.05) is 37.9 Å². The minimum Gasteiger partial charge on any atom is -0.343 e. The maximum Gasteiger partial charge on any atom is 0.314 e. The van der Waals surface area contributed by atoms with Crippen molar-refractivity contribution in [2.24, 2.45) is 0 Å². The molecule has 2 saturated heterocycles. The third kappa shape index (κ3) is 7.58. The molecule has 0 radical (unpaired) electrons. The second-order valence-corrected chi connectivity index (χ2v) is 8.68. The number of halogens is 2. The molecule has 2 aliphatic rings. The summed E-state index contributed by atoms with van der Waals surface area (Å²) < 4.78 is 24.1. The fourth-order valence-corrected chi connectivity index (χ4v) is 3.62. The van der Waals surface area contributed by atoms with Crippen molar-refractivity contribution < 1.29 is 28.5 Å². The summed E-state index contributed by atoms with van der Waals surface area (Å²) >= 11 is 11.2. The van der Waals surface area contributed by atoms with Crippen molar-refractivity contribution in [2.45, 2.75) is 63.7 Å². The molecule has 0 bridgehead atoms. The highest BCUT2D eigenvalue weighted by atomic mass is 35.5. The van der Waals surface area contributed by atoms with E-state index in [0.717, 1.165) is 0 Å². The molecule has 2 rings (SSSR count). The maximum atomic E-state index is 11.9. The molecule has 0 saturated carbocycles. The number of hydrogen-bond donors (Lipinski definition) is 4. The highest BCUT2D eigenvalue weighted by molar-refractivity contribution is 6.18. The molecule has 30 heavy (non-hydrogen) atoms. The molecule has 2 heterocycles. The number of hydrogen-bond acceptors (Lipinski definition) is 6. The van der Waals surface area contributed by atoms with Gasteiger partial charge in [-0.3, -0.25) is 0 Å². The Bertz CT molecular complexity index is 545. The van der Waals surface area contributed by atoms with E-state index in [9.17, 15) is 9.59 Å². The first kappa shape index (κ1) is 25.2. The molecular weight excluding hydrogens is 439 g/mol. The zero-order valence-electron chi connectivity index (χ0n) is 17.8. The van der Waals surface area contributed by atoms with Gasteiger partial charge in [-0.05, 0) is 27.7 Å². The molecule has 0 aromatic carbocycles. The molecule has 12 heteroatoms. The molecule has 4 amide bonds. The van der Waals surface area contributed by atoms with Crippen molar-refractivity contribution >= 4 is 35.3 Å². The van der Waals surface area contributed by atoms with Crippen LogP contribution in [-0.4, -0.2) is 86.0 Å². The van der Waals surface area contributed by atoms with E-state index in [4.69, 9.17) is 42.1 Å². The Morgan fingerprint density at radius 1 is 0.700 bits per heavy atom. The van der Waals surface area contributed by atoms with E-state index in [0.29, 0.717) is 24.8 Å². The number of rotatable bonds is 9. The standard InChI is InChI=1S/C18H32Cl2N4O6/c1-17(2)27-11(9-23-15(25)21-7-5-19)13(29-17)14-12(28-18(3,4)30-14)10-24-16(26)22-8-6-20/h11-14H,5-10H2,1-4H3,(H2,21,23,25)(H2,22,24,26)/t11-,12+,13+,14-. The lowest BCUT2D eigenvalue weighted by molar-refractivity contribution is -0.175. The monoisotopic (exact) mass is 470 g/mol. The van der Waals surface area contributed by atoms with E-state index in [1.165, 1.54) is 0 Å². The van der Waals surface area contributed by atoms with Gasteiger partial charge in [0.1, 0.15) is 24.4 Å². The van der Waals surface area contributed by atoms with Gasteiger partial charge < -0.3 is 40.2 Å². The molecule has 2 fully saturated rings.